The summed E-state index contributed by atoms with van der Waals surface area (Å²) < 4.78 is 63.6. The predicted molar refractivity (Wildman–Crippen MR) is 200 cm³/mol. The van der Waals surface area contributed by atoms with Crippen molar-refractivity contribution in [1.82, 2.24) is 0 Å². The minimum atomic E-state index is -1.99. The van der Waals surface area contributed by atoms with E-state index in [1.54, 1.807) is 0 Å². The van der Waals surface area contributed by atoms with E-state index in [9.17, 15) is 0 Å². The molecule has 1 aromatic carbocycles. The van der Waals surface area contributed by atoms with Gasteiger partial charge in [0.05, 0.1) is 59.5 Å². The average Bonchev–Trinajstić information content (AvgIpc) is 3.14. The van der Waals surface area contributed by atoms with Crippen molar-refractivity contribution < 1.29 is 52.2 Å². The average molecular weight is 727 g/mol. The molecule has 0 atom stereocenters. The van der Waals surface area contributed by atoms with Gasteiger partial charge in [-0.2, -0.15) is 0 Å². The van der Waals surface area contributed by atoms with Gasteiger partial charge in [-0.05, 0) is 64.2 Å². The summed E-state index contributed by atoms with van der Waals surface area (Å²) in [5.74, 6) is -1.41. The first kappa shape index (κ1) is 46.1. The number of carbonyl (C=O) groups excluding carboxylic acids is 1. The van der Waals surface area contributed by atoms with Crippen LogP contribution >= 0.6 is 0 Å². The normalized spacial score (nSPS) is 11.3. The SMILES string of the molecule is CCCOC(OCCC)=C(C(=O)Oc1c(OCCC)c(OCCC)c(CCC)c(OCCC)c1OCCC)C(OCCC)(OCCC)OCCC. The lowest BCUT2D eigenvalue weighted by atomic mass is 10.0. The molecule has 0 N–H and O–H groups in total. The van der Waals surface area contributed by atoms with Crippen molar-refractivity contribution in [3.05, 3.63) is 17.1 Å². The first-order valence-electron chi connectivity index (χ1n) is 19.7. The Labute approximate surface area is 308 Å². The number of benzene rings is 1. The molecule has 11 heteroatoms. The second-order valence-corrected chi connectivity index (χ2v) is 12.1. The highest BCUT2D eigenvalue weighted by molar-refractivity contribution is 5.93. The fraction of sp³-hybridized carbons (Fsp3) is 0.775. The molecule has 0 amide bonds. The second kappa shape index (κ2) is 27.7. The number of rotatable bonds is 32. The highest BCUT2D eigenvalue weighted by Crippen LogP contribution is 2.55. The van der Waals surface area contributed by atoms with E-state index in [1.165, 1.54) is 0 Å². The van der Waals surface area contributed by atoms with E-state index in [4.69, 9.17) is 47.4 Å². The summed E-state index contributed by atoms with van der Waals surface area (Å²) in [6.45, 7) is 22.8. The van der Waals surface area contributed by atoms with Gasteiger partial charge in [0.1, 0.15) is 0 Å². The van der Waals surface area contributed by atoms with Crippen LogP contribution in [0.5, 0.6) is 28.7 Å². The van der Waals surface area contributed by atoms with Gasteiger partial charge in [0, 0.05) is 5.56 Å². The Morgan fingerprint density at radius 2 is 0.784 bits per heavy atom. The molecule has 1 aromatic rings. The molecule has 0 aliphatic heterocycles. The summed E-state index contributed by atoms with van der Waals surface area (Å²) in [6, 6.07) is 0. The summed E-state index contributed by atoms with van der Waals surface area (Å²) in [7, 11) is 0. The highest BCUT2D eigenvalue weighted by atomic mass is 16.9. The van der Waals surface area contributed by atoms with Gasteiger partial charge < -0.3 is 47.4 Å². The summed E-state index contributed by atoms with van der Waals surface area (Å²) in [4.78, 5) is 15.1. The van der Waals surface area contributed by atoms with Gasteiger partial charge in [-0.15, -0.1) is 0 Å². The lowest BCUT2D eigenvalue weighted by molar-refractivity contribution is -0.358. The summed E-state index contributed by atoms with van der Waals surface area (Å²) >= 11 is 0. The summed E-state index contributed by atoms with van der Waals surface area (Å²) in [6.07, 6.45) is 7.59. The number of hydrogen-bond donors (Lipinski definition) is 0. The van der Waals surface area contributed by atoms with Gasteiger partial charge >= 0.3 is 11.9 Å². The van der Waals surface area contributed by atoms with Crippen LogP contribution in [0.25, 0.3) is 0 Å². The lowest BCUT2D eigenvalue weighted by Crippen LogP contribution is -2.47. The van der Waals surface area contributed by atoms with Gasteiger partial charge in [-0.25, -0.2) is 4.79 Å². The topological polar surface area (TPSA) is 109 Å². The molecule has 0 aliphatic rings. The van der Waals surface area contributed by atoms with Gasteiger partial charge in [0.2, 0.25) is 22.8 Å². The summed E-state index contributed by atoms with van der Waals surface area (Å²) in [5, 5.41) is 0. The van der Waals surface area contributed by atoms with Gasteiger partial charge in [0.15, 0.2) is 11.5 Å². The lowest BCUT2D eigenvalue weighted by Gasteiger charge is -2.35. The molecule has 11 nitrogen and oxygen atoms in total. The van der Waals surface area contributed by atoms with Gasteiger partial charge in [0.25, 0.3) is 5.95 Å². The van der Waals surface area contributed by atoms with E-state index in [-0.39, 0.29) is 61.8 Å². The van der Waals surface area contributed by atoms with E-state index in [1.807, 2.05) is 62.3 Å². The van der Waals surface area contributed by atoms with Crippen LogP contribution < -0.4 is 23.7 Å². The molecule has 0 saturated carbocycles. The third-order valence-electron chi connectivity index (χ3n) is 6.95. The first-order valence-corrected chi connectivity index (χ1v) is 19.7. The quantitative estimate of drug-likeness (QED) is 0.0233. The largest absolute Gasteiger partial charge is 0.489 e. The molecule has 296 valence electrons. The fourth-order valence-electron chi connectivity index (χ4n) is 4.74. The van der Waals surface area contributed by atoms with Gasteiger partial charge in [-0.3, -0.25) is 0 Å². The predicted octanol–water partition coefficient (Wildman–Crippen LogP) is 9.70. The zero-order valence-electron chi connectivity index (χ0n) is 33.6. The number of carbonyl (C=O) groups is 1. The molecule has 0 saturated heterocycles. The van der Waals surface area contributed by atoms with Crippen molar-refractivity contribution in [1.29, 1.82) is 0 Å². The minimum Gasteiger partial charge on any atom is -0.489 e. The number of esters is 1. The third-order valence-corrected chi connectivity index (χ3v) is 6.95. The molecule has 0 aliphatic carbocycles. The van der Waals surface area contributed by atoms with Crippen LogP contribution in [-0.2, 0) is 34.9 Å². The molecule has 0 bridgehead atoms. The van der Waals surface area contributed by atoms with Crippen molar-refractivity contribution in [2.45, 2.75) is 146 Å². The van der Waals surface area contributed by atoms with Crippen LogP contribution in [0, 0.1) is 0 Å². The van der Waals surface area contributed by atoms with Crippen molar-refractivity contribution in [3.8, 4) is 28.7 Å². The van der Waals surface area contributed by atoms with E-state index in [2.05, 4.69) is 6.92 Å². The molecule has 0 fully saturated rings. The molecular weight excluding hydrogens is 656 g/mol. The van der Waals surface area contributed by atoms with E-state index < -0.39 is 11.9 Å². The maximum absolute atomic E-state index is 15.1. The smallest absolute Gasteiger partial charge is 0.355 e. The molecule has 0 radical (unpaired) electrons. The standard InChI is InChI=1S/C40H70O11/c1-11-21-31-33(42-22-12-2)35(44-24-14-4)37(36(45-25-15-5)34(31)43-23-13-3)51-38(41)32(39(46-26-16-6)47-27-17-7)40(48-28-18-8,49-29-19-9)50-30-20-10/h11-30H2,1-10H3. The maximum atomic E-state index is 15.1. The Balaban J connectivity index is 4.42. The number of ether oxygens (including phenoxy) is 10. The fourth-order valence-corrected chi connectivity index (χ4v) is 4.74. The van der Waals surface area contributed by atoms with Crippen molar-refractivity contribution in [2.24, 2.45) is 0 Å². The monoisotopic (exact) mass is 726 g/mol. The van der Waals surface area contributed by atoms with Crippen LogP contribution in [0.2, 0.25) is 0 Å². The molecular formula is C40H70O11. The molecule has 0 heterocycles. The number of hydrogen-bond acceptors (Lipinski definition) is 11. The van der Waals surface area contributed by atoms with Crippen molar-refractivity contribution in [2.75, 3.05) is 59.5 Å². The maximum Gasteiger partial charge on any atom is 0.355 e. The molecule has 1 rings (SSSR count). The van der Waals surface area contributed by atoms with Crippen LogP contribution in [0.1, 0.15) is 139 Å². The molecule has 0 unspecified atom stereocenters. The van der Waals surface area contributed by atoms with Gasteiger partial charge in [-0.1, -0.05) is 75.7 Å². The zero-order valence-corrected chi connectivity index (χ0v) is 33.6. The Hall–Kier alpha value is -2.89. The van der Waals surface area contributed by atoms with Crippen LogP contribution in [0.15, 0.2) is 11.5 Å². The van der Waals surface area contributed by atoms with Crippen LogP contribution in [0.4, 0.5) is 0 Å². The zero-order chi connectivity index (χ0) is 37.9. The molecule has 0 aromatic heterocycles. The minimum absolute atomic E-state index is 0.0390. The summed E-state index contributed by atoms with van der Waals surface area (Å²) in [5.41, 5.74) is 0.635. The Morgan fingerprint density at radius 3 is 1.12 bits per heavy atom. The van der Waals surface area contributed by atoms with E-state index in [0.717, 1.165) is 24.8 Å². The van der Waals surface area contributed by atoms with Crippen LogP contribution in [-0.4, -0.2) is 71.4 Å². The Bertz CT molecular complexity index is 1050. The van der Waals surface area contributed by atoms with Crippen molar-refractivity contribution >= 4 is 5.97 Å². The Kier molecular flexibility index (Phi) is 25.1. The third kappa shape index (κ3) is 14.6. The van der Waals surface area contributed by atoms with Crippen molar-refractivity contribution in [3.63, 3.8) is 0 Å². The van der Waals surface area contributed by atoms with Crippen LogP contribution in [0.3, 0.4) is 0 Å². The second-order valence-electron chi connectivity index (χ2n) is 12.1. The highest BCUT2D eigenvalue weighted by Gasteiger charge is 2.49. The molecule has 0 spiro atoms. The molecule has 51 heavy (non-hydrogen) atoms. The Morgan fingerprint density at radius 1 is 0.431 bits per heavy atom. The van der Waals surface area contributed by atoms with E-state index >= 15 is 4.79 Å². The van der Waals surface area contributed by atoms with E-state index in [0.29, 0.717) is 89.3 Å². The first-order chi connectivity index (χ1) is 24.8.